The highest BCUT2D eigenvalue weighted by Gasteiger charge is 2.32. The van der Waals surface area contributed by atoms with E-state index in [4.69, 9.17) is 5.73 Å². The molecule has 1 rings (SSSR count). The largest absolute Gasteiger partial charge is 0.350 e. The number of aromatic nitrogens is 2. The van der Waals surface area contributed by atoms with Crippen LogP contribution < -0.4 is 11.1 Å². The average molecular weight is 250 g/mol. The zero-order valence-corrected chi connectivity index (χ0v) is 11.4. The second-order valence-electron chi connectivity index (χ2n) is 4.47. The molecule has 0 saturated heterocycles. The molecular formula is C13H22N4O. The summed E-state index contributed by atoms with van der Waals surface area (Å²) in [6, 6.07) is 1.80. The Labute approximate surface area is 108 Å². The Hall–Kier alpha value is -1.49. The molecule has 0 saturated carbocycles. The molecule has 0 aliphatic rings. The summed E-state index contributed by atoms with van der Waals surface area (Å²) in [5.41, 5.74) is 6.09. The lowest BCUT2D eigenvalue weighted by Crippen LogP contribution is -2.45. The zero-order chi connectivity index (χ0) is 13.6. The summed E-state index contributed by atoms with van der Waals surface area (Å²) in [4.78, 5) is 20.5. The summed E-state index contributed by atoms with van der Waals surface area (Å²) < 4.78 is 0. The first-order chi connectivity index (χ1) is 8.57. The highest BCUT2D eigenvalue weighted by atomic mass is 16.2. The smallest absolute Gasteiger partial charge is 0.227 e. The minimum Gasteiger partial charge on any atom is -0.350 e. The van der Waals surface area contributed by atoms with Crippen molar-refractivity contribution in [3.63, 3.8) is 0 Å². The number of carbonyl (C=O) groups excluding carboxylic acids is 1. The second kappa shape index (κ2) is 6.44. The van der Waals surface area contributed by atoms with Crippen molar-refractivity contribution >= 4 is 5.91 Å². The molecule has 18 heavy (non-hydrogen) atoms. The van der Waals surface area contributed by atoms with Crippen LogP contribution in [0, 0.1) is 12.3 Å². The van der Waals surface area contributed by atoms with Gasteiger partial charge in [0.2, 0.25) is 5.91 Å². The summed E-state index contributed by atoms with van der Waals surface area (Å²) >= 11 is 0. The molecule has 0 bridgehead atoms. The molecule has 0 spiro atoms. The van der Waals surface area contributed by atoms with E-state index in [1.807, 2.05) is 20.8 Å². The number of aryl methyl sites for hydroxylation is 1. The van der Waals surface area contributed by atoms with E-state index >= 15 is 0 Å². The minimum absolute atomic E-state index is 0.00580. The minimum atomic E-state index is -0.456. The van der Waals surface area contributed by atoms with Gasteiger partial charge in [0.1, 0.15) is 5.82 Å². The molecule has 5 heteroatoms. The van der Waals surface area contributed by atoms with Crippen molar-refractivity contribution in [3.8, 4) is 0 Å². The molecule has 1 aromatic heterocycles. The SMILES string of the molecule is CCC(CC)(CN)C(=O)NCc1ccnc(C)n1. The summed E-state index contributed by atoms with van der Waals surface area (Å²) in [6.07, 6.45) is 3.18. The number of nitrogens with two attached hydrogens (primary N) is 1. The Morgan fingerprint density at radius 2 is 2.11 bits per heavy atom. The molecule has 100 valence electrons. The van der Waals surface area contributed by atoms with E-state index < -0.39 is 5.41 Å². The highest BCUT2D eigenvalue weighted by molar-refractivity contribution is 5.82. The van der Waals surface area contributed by atoms with Crippen molar-refractivity contribution in [2.24, 2.45) is 11.1 Å². The highest BCUT2D eigenvalue weighted by Crippen LogP contribution is 2.24. The number of nitrogens with one attached hydrogen (secondary N) is 1. The Bertz CT molecular complexity index is 393. The van der Waals surface area contributed by atoms with Gasteiger partial charge in [-0.3, -0.25) is 4.79 Å². The number of hydrogen-bond donors (Lipinski definition) is 2. The van der Waals surface area contributed by atoms with Crippen molar-refractivity contribution < 1.29 is 4.79 Å². The van der Waals surface area contributed by atoms with Crippen molar-refractivity contribution in [1.82, 2.24) is 15.3 Å². The third-order valence-electron chi connectivity index (χ3n) is 3.49. The van der Waals surface area contributed by atoms with Crippen LogP contribution in [0.15, 0.2) is 12.3 Å². The molecule has 3 N–H and O–H groups in total. The van der Waals surface area contributed by atoms with Crippen molar-refractivity contribution in [2.45, 2.75) is 40.2 Å². The van der Waals surface area contributed by atoms with Crippen molar-refractivity contribution in [3.05, 3.63) is 23.8 Å². The maximum atomic E-state index is 12.2. The van der Waals surface area contributed by atoms with Gasteiger partial charge in [0, 0.05) is 12.7 Å². The van der Waals surface area contributed by atoms with Gasteiger partial charge in [-0.15, -0.1) is 0 Å². The monoisotopic (exact) mass is 250 g/mol. The molecule has 0 aliphatic carbocycles. The summed E-state index contributed by atoms with van der Waals surface area (Å²) in [5.74, 6) is 0.712. The summed E-state index contributed by atoms with van der Waals surface area (Å²) in [5, 5.41) is 2.91. The molecule has 0 aliphatic heterocycles. The van der Waals surface area contributed by atoms with Crippen LogP contribution in [0.2, 0.25) is 0 Å². The van der Waals surface area contributed by atoms with Crippen molar-refractivity contribution in [2.75, 3.05) is 6.54 Å². The van der Waals surface area contributed by atoms with Gasteiger partial charge in [0.15, 0.2) is 0 Å². The maximum absolute atomic E-state index is 12.2. The van der Waals surface area contributed by atoms with Crippen LogP contribution >= 0.6 is 0 Å². The van der Waals surface area contributed by atoms with Gasteiger partial charge in [-0.25, -0.2) is 9.97 Å². The predicted octanol–water partition coefficient (Wildman–Crippen LogP) is 1.17. The van der Waals surface area contributed by atoms with E-state index in [0.717, 1.165) is 18.5 Å². The lowest BCUT2D eigenvalue weighted by atomic mass is 9.81. The number of rotatable bonds is 6. The van der Waals surface area contributed by atoms with Gasteiger partial charge in [0.05, 0.1) is 17.7 Å². The van der Waals surface area contributed by atoms with Gasteiger partial charge < -0.3 is 11.1 Å². The van der Waals surface area contributed by atoms with Crippen LogP contribution in [0.3, 0.4) is 0 Å². The third kappa shape index (κ3) is 3.26. The van der Waals surface area contributed by atoms with E-state index in [1.165, 1.54) is 0 Å². The van der Waals surface area contributed by atoms with Crippen LogP contribution in [-0.4, -0.2) is 22.4 Å². The fraction of sp³-hybridized carbons (Fsp3) is 0.615. The molecule has 0 unspecified atom stereocenters. The van der Waals surface area contributed by atoms with Crippen LogP contribution in [-0.2, 0) is 11.3 Å². The van der Waals surface area contributed by atoms with Crippen molar-refractivity contribution in [1.29, 1.82) is 0 Å². The summed E-state index contributed by atoms with van der Waals surface area (Å²) in [7, 11) is 0. The average Bonchev–Trinajstić information content (AvgIpc) is 2.39. The first-order valence-corrected chi connectivity index (χ1v) is 6.35. The lowest BCUT2D eigenvalue weighted by Gasteiger charge is -2.28. The predicted molar refractivity (Wildman–Crippen MR) is 70.7 cm³/mol. The molecule has 0 atom stereocenters. The standard InChI is InChI=1S/C13H22N4O/c1-4-13(5-2,9-14)12(18)16-8-11-6-7-15-10(3)17-11/h6-7H,4-5,8-9,14H2,1-3H3,(H,16,18). The number of carbonyl (C=O) groups is 1. The van der Waals surface area contributed by atoms with E-state index in [1.54, 1.807) is 12.3 Å². The van der Waals surface area contributed by atoms with Gasteiger partial charge in [-0.1, -0.05) is 13.8 Å². The van der Waals surface area contributed by atoms with Gasteiger partial charge >= 0.3 is 0 Å². The first-order valence-electron chi connectivity index (χ1n) is 6.35. The van der Waals surface area contributed by atoms with Crippen LogP contribution in [0.25, 0.3) is 0 Å². The first kappa shape index (κ1) is 14.6. The van der Waals surface area contributed by atoms with E-state index in [0.29, 0.717) is 18.9 Å². The van der Waals surface area contributed by atoms with Crippen LogP contribution in [0.1, 0.15) is 38.2 Å². The third-order valence-corrected chi connectivity index (χ3v) is 3.49. The summed E-state index contributed by atoms with van der Waals surface area (Å²) in [6.45, 7) is 6.60. The molecule has 0 fully saturated rings. The quantitative estimate of drug-likeness (QED) is 0.794. The Morgan fingerprint density at radius 3 is 2.61 bits per heavy atom. The molecule has 1 heterocycles. The topological polar surface area (TPSA) is 80.9 Å². The molecule has 1 aromatic rings. The van der Waals surface area contributed by atoms with Gasteiger partial charge in [-0.2, -0.15) is 0 Å². The molecule has 1 amide bonds. The molecule has 0 radical (unpaired) electrons. The lowest BCUT2D eigenvalue weighted by molar-refractivity contribution is -0.131. The fourth-order valence-electron chi connectivity index (χ4n) is 1.91. The molecule has 5 nitrogen and oxygen atoms in total. The van der Waals surface area contributed by atoms with E-state index in [9.17, 15) is 4.79 Å². The number of amides is 1. The fourth-order valence-corrected chi connectivity index (χ4v) is 1.91. The number of nitrogens with zero attached hydrogens (tertiary/aromatic N) is 2. The van der Waals surface area contributed by atoms with Gasteiger partial charge in [-0.05, 0) is 25.8 Å². The zero-order valence-electron chi connectivity index (χ0n) is 11.4. The van der Waals surface area contributed by atoms with Crippen LogP contribution in [0.5, 0.6) is 0 Å². The van der Waals surface area contributed by atoms with E-state index in [-0.39, 0.29) is 5.91 Å². The van der Waals surface area contributed by atoms with Crippen LogP contribution in [0.4, 0.5) is 0 Å². The van der Waals surface area contributed by atoms with Gasteiger partial charge in [0.25, 0.3) is 0 Å². The Kier molecular flexibility index (Phi) is 5.22. The molecular weight excluding hydrogens is 228 g/mol. The maximum Gasteiger partial charge on any atom is 0.227 e. The number of hydrogen-bond acceptors (Lipinski definition) is 4. The van der Waals surface area contributed by atoms with E-state index in [2.05, 4.69) is 15.3 Å². The second-order valence-corrected chi connectivity index (χ2v) is 4.47. The Balaban J connectivity index is 2.65. The normalized spacial score (nSPS) is 11.3. The Morgan fingerprint density at radius 1 is 1.44 bits per heavy atom. The molecule has 0 aromatic carbocycles.